The van der Waals surface area contributed by atoms with E-state index in [1.165, 1.54) is 0 Å². The fourth-order valence-corrected chi connectivity index (χ4v) is 1.41. The van der Waals surface area contributed by atoms with Crippen molar-refractivity contribution >= 4 is 0 Å². The molecule has 6 nitrogen and oxygen atoms in total. The van der Waals surface area contributed by atoms with E-state index >= 15 is 0 Å². The molecule has 1 aromatic rings. The van der Waals surface area contributed by atoms with Crippen molar-refractivity contribution in [1.29, 1.82) is 0 Å². The predicted molar refractivity (Wildman–Crippen MR) is 43.7 cm³/mol. The van der Waals surface area contributed by atoms with E-state index in [4.69, 9.17) is 14.3 Å². The van der Waals surface area contributed by atoms with Gasteiger partial charge in [0.15, 0.2) is 17.7 Å². The van der Waals surface area contributed by atoms with Gasteiger partial charge >= 0.3 is 5.95 Å². The number of ether oxygens (including phenoxy) is 1. The van der Waals surface area contributed by atoms with Gasteiger partial charge in [0.1, 0.15) is 12.2 Å². The third-order valence-corrected chi connectivity index (χ3v) is 2.15. The van der Waals surface area contributed by atoms with E-state index in [1.807, 2.05) is 0 Å². The Balaban J connectivity index is 2.36. The molecule has 0 fully saturated rings. The Hall–Kier alpha value is -1.11. The Morgan fingerprint density at radius 3 is 2.79 bits per heavy atom. The first-order valence-corrected chi connectivity index (χ1v) is 4.24. The van der Waals surface area contributed by atoms with Crippen molar-refractivity contribution < 1.29 is 24.5 Å². The summed E-state index contributed by atoms with van der Waals surface area (Å²) in [6, 6.07) is 0. The van der Waals surface area contributed by atoms with Gasteiger partial charge in [-0.25, -0.2) is 4.98 Å². The fraction of sp³-hybridized carbons (Fsp3) is 0.625. The lowest BCUT2D eigenvalue weighted by Crippen LogP contribution is -2.42. The van der Waals surface area contributed by atoms with Crippen LogP contribution < -0.4 is 4.74 Å². The molecular formula is C8H11NO5. The summed E-state index contributed by atoms with van der Waals surface area (Å²) in [6.07, 6.45) is -3.23. The first-order valence-electron chi connectivity index (χ1n) is 4.24. The zero-order chi connectivity index (χ0) is 10.3. The highest BCUT2D eigenvalue weighted by atomic mass is 16.6. The molecule has 78 valence electrons. The minimum absolute atomic E-state index is 0.0688. The van der Waals surface area contributed by atoms with Crippen molar-refractivity contribution in [3.8, 4) is 5.95 Å². The molecular weight excluding hydrogens is 190 g/mol. The van der Waals surface area contributed by atoms with Crippen LogP contribution >= 0.6 is 0 Å². The quantitative estimate of drug-likeness (QED) is 0.546. The maximum absolute atomic E-state index is 9.58. The molecule has 0 aromatic carbocycles. The molecule has 0 bridgehead atoms. The van der Waals surface area contributed by atoms with Crippen LogP contribution in [0.1, 0.15) is 17.7 Å². The second-order valence-electron chi connectivity index (χ2n) is 3.18. The number of fused-ring (bicyclic) bond motifs is 1. The lowest BCUT2D eigenvalue weighted by atomic mass is 10.0. The largest absolute Gasteiger partial charge is 0.455 e. The third kappa shape index (κ3) is 1.28. The van der Waals surface area contributed by atoms with Crippen molar-refractivity contribution in [3.63, 3.8) is 0 Å². The van der Waals surface area contributed by atoms with Gasteiger partial charge in [-0.3, -0.25) is 0 Å². The summed E-state index contributed by atoms with van der Waals surface area (Å²) < 4.78 is 10.1. The van der Waals surface area contributed by atoms with E-state index < -0.39 is 24.9 Å². The van der Waals surface area contributed by atoms with E-state index in [-0.39, 0.29) is 11.6 Å². The number of nitrogens with zero attached hydrogens (tertiary/aromatic N) is 1. The van der Waals surface area contributed by atoms with Crippen molar-refractivity contribution in [1.82, 2.24) is 4.98 Å². The zero-order valence-electron chi connectivity index (χ0n) is 7.54. The molecule has 2 heterocycles. The first kappa shape index (κ1) is 9.45. The average Bonchev–Trinajstić information content (AvgIpc) is 2.52. The molecule has 0 amide bonds. The molecule has 6 heteroatoms. The molecule has 3 atom stereocenters. The second kappa shape index (κ2) is 3.23. The molecule has 0 aliphatic carbocycles. The molecule has 2 rings (SSSR count). The van der Waals surface area contributed by atoms with Gasteiger partial charge in [0.05, 0.1) is 6.61 Å². The number of hydrogen-bond donors (Lipinski definition) is 3. The molecule has 0 spiro atoms. The molecule has 0 radical (unpaired) electrons. The van der Waals surface area contributed by atoms with E-state index in [2.05, 4.69) is 4.98 Å². The number of aryl methyl sites for hydroxylation is 1. The fourth-order valence-electron chi connectivity index (χ4n) is 1.41. The Bertz CT molecular complexity index is 336. The van der Waals surface area contributed by atoms with Crippen molar-refractivity contribution in [2.24, 2.45) is 0 Å². The van der Waals surface area contributed by atoms with Crippen molar-refractivity contribution in [3.05, 3.63) is 11.6 Å². The van der Waals surface area contributed by atoms with Crippen LogP contribution in [0, 0.1) is 6.92 Å². The number of hydrogen-bond acceptors (Lipinski definition) is 6. The molecule has 0 saturated carbocycles. The number of rotatable bonds is 1. The van der Waals surface area contributed by atoms with Crippen LogP contribution in [-0.2, 0) is 0 Å². The highest BCUT2D eigenvalue weighted by molar-refractivity contribution is 5.23. The molecule has 1 aliphatic rings. The number of oxazole rings is 1. The summed E-state index contributed by atoms with van der Waals surface area (Å²) in [5, 5.41) is 27.9. The maximum atomic E-state index is 9.58. The average molecular weight is 201 g/mol. The lowest BCUT2D eigenvalue weighted by molar-refractivity contribution is -0.0930. The van der Waals surface area contributed by atoms with Crippen molar-refractivity contribution in [2.45, 2.75) is 25.2 Å². The predicted octanol–water partition coefficient (Wildman–Crippen LogP) is -0.869. The Labute approximate surface area is 79.8 Å². The topological polar surface area (TPSA) is 96.0 Å². The number of aliphatic hydroxyl groups is 3. The van der Waals surface area contributed by atoms with Gasteiger partial charge in [0.25, 0.3) is 0 Å². The summed E-state index contributed by atoms with van der Waals surface area (Å²) in [6.45, 7) is 1.21. The Kier molecular flexibility index (Phi) is 2.18. The minimum atomic E-state index is -1.18. The molecule has 1 aliphatic heterocycles. The van der Waals surface area contributed by atoms with Gasteiger partial charge in [-0.15, -0.1) is 0 Å². The summed E-state index contributed by atoms with van der Waals surface area (Å²) >= 11 is 0. The molecule has 0 saturated heterocycles. The Morgan fingerprint density at radius 2 is 2.14 bits per heavy atom. The SMILES string of the molecule is Cc1nc2c(o1)O[C@H](CO)[C@H](O)[C@@H]2O. The Morgan fingerprint density at radius 1 is 1.43 bits per heavy atom. The van der Waals surface area contributed by atoms with E-state index in [1.54, 1.807) is 6.92 Å². The minimum Gasteiger partial charge on any atom is -0.455 e. The normalized spacial score (nSPS) is 31.0. The lowest BCUT2D eigenvalue weighted by Gasteiger charge is -2.28. The first-order chi connectivity index (χ1) is 6.63. The standard InChI is InChI=1S/C8H11NO5/c1-3-9-5-7(12)6(11)4(2-10)14-8(5)13-3/h4,6-7,10-12H,2H2,1H3/t4-,6+,7-/m1/s1. The van der Waals surface area contributed by atoms with Crippen LogP contribution in [0.4, 0.5) is 0 Å². The van der Waals surface area contributed by atoms with Crippen LogP contribution in [0.3, 0.4) is 0 Å². The van der Waals surface area contributed by atoms with Crippen LogP contribution in [0.2, 0.25) is 0 Å². The van der Waals surface area contributed by atoms with Crippen LogP contribution in [0.5, 0.6) is 5.95 Å². The molecule has 14 heavy (non-hydrogen) atoms. The molecule has 0 unspecified atom stereocenters. The monoisotopic (exact) mass is 201 g/mol. The van der Waals surface area contributed by atoms with Gasteiger partial charge in [-0.2, -0.15) is 0 Å². The highest BCUT2D eigenvalue weighted by Gasteiger charge is 2.39. The zero-order valence-corrected chi connectivity index (χ0v) is 7.54. The summed E-state index contributed by atoms with van der Waals surface area (Å²) in [5.41, 5.74) is 0.180. The summed E-state index contributed by atoms with van der Waals surface area (Å²) in [5.74, 6) is 0.416. The van der Waals surface area contributed by atoms with Gasteiger partial charge < -0.3 is 24.5 Å². The maximum Gasteiger partial charge on any atom is 0.311 e. The van der Waals surface area contributed by atoms with Crippen LogP contribution in [0.25, 0.3) is 0 Å². The van der Waals surface area contributed by atoms with E-state index in [0.29, 0.717) is 5.89 Å². The van der Waals surface area contributed by atoms with Gasteiger partial charge in [-0.05, 0) is 0 Å². The third-order valence-electron chi connectivity index (χ3n) is 2.15. The summed E-state index contributed by atoms with van der Waals surface area (Å²) in [7, 11) is 0. The van der Waals surface area contributed by atoms with Gasteiger partial charge in [-0.1, -0.05) is 0 Å². The molecule has 1 aromatic heterocycles. The van der Waals surface area contributed by atoms with Crippen LogP contribution in [-0.4, -0.2) is 39.1 Å². The van der Waals surface area contributed by atoms with Crippen LogP contribution in [0.15, 0.2) is 4.42 Å². The van der Waals surface area contributed by atoms with Gasteiger partial charge in [0.2, 0.25) is 0 Å². The smallest absolute Gasteiger partial charge is 0.311 e. The highest BCUT2D eigenvalue weighted by Crippen LogP contribution is 2.34. The number of aliphatic hydroxyl groups excluding tert-OH is 3. The molecule has 3 N–H and O–H groups in total. The van der Waals surface area contributed by atoms with E-state index in [0.717, 1.165) is 0 Å². The van der Waals surface area contributed by atoms with Gasteiger partial charge in [0, 0.05) is 6.92 Å². The van der Waals surface area contributed by atoms with Crippen molar-refractivity contribution in [2.75, 3.05) is 6.61 Å². The second-order valence-corrected chi connectivity index (χ2v) is 3.18. The van der Waals surface area contributed by atoms with E-state index in [9.17, 15) is 10.2 Å². The number of aromatic nitrogens is 1. The summed E-state index contributed by atoms with van der Waals surface area (Å²) in [4.78, 5) is 3.87.